The van der Waals surface area contributed by atoms with E-state index in [0.29, 0.717) is 6.61 Å². The Kier molecular flexibility index (Phi) is 5.21. The molecule has 1 aromatic carbocycles. The van der Waals surface area contributed by atoms with Gasteiger partial charge in [0.25, 0.3) is 0 Å². The Balaban J connectivity index is 2.92. The highest BCUT2D eigenvalue weighted by Crippen LogP contribution is 2.22. The fourth-order valence-corrected chi connectivity index (χ4v) is 2.61. The molecule has 0 aromatic heterocycles. The first-order valence-corrected chi connectivity index (χ1v) is 7.12. The number of nitrogen functional groups attached to an aromatic ring is 1. The molecule has 0 saturated carbocycles. The first-order valence-electron chi connectivity index (χ1n) is 5.64. The average Bonchev–Trinajstić information content (AvgIpc) is 2.34. The van der Waals surface area contributed by atoms with E-state index in [0.717, 1.165) is 12.1 Å². The lowest BCUT2D eigenvalue weighted by atomic mass is 10.3. The SMILES string of the molecule is CCOC(C)CNS(=O)(=O)c1ccc(F)c(N)c1F. The molecule has 5 nitrogen and oxygen atoms in total. The van der Waals surface area contributed by atoms with Crippen molar-refractivity contribution in [1.29, 1.82) is 0 Å². The molecule has 0 saturated heterocycles. The third-order valence-electron chi connectivity index (χ3n) is 2.39. The molecule has 1 unspecified atom stereocenters. The van der Waals surface area contributed by atoms with Gasteiger partial charge in [-0.25, -0.2) is 21.9 Å². The molecule has 0 radical (unpaired) electrons. The smallest absolute Gasteiger partial charge is 0.243 e. The second kappa shape index (κ2) is 6.27. The Morgan fingerprint density at radius 2 is 2.05 bits per heavy atom. The van der Waals surface area contributed by atoms with Crippen molar-refractivity contribution in [2.75, 3.05) is 18.9 Å². The molecule has 108 valence electrons. The van der Waals surface area contributed by atoms with Crippen LogP contribution in [0.15, 0.2) is 17.0 Å². The standard InChI is InChI=1S/C11H16F2N2O3S/c1-3-18-7(2)6-15-19(16,17)9-5-4-8(12)11(14)10(9)13/h4-5,7,15H,3,6,14H2,1-2H3. The molecule has 0 heterocycles. The molecule has 0 amide bonds. The number of nitrogens with one attached hydrogen (secondary N) is 1. The zero-order valence-electron chi connectivity index (χ0n) is 10.6. The van der Waals surface area contributed by atoms with Crippen molar-refractivity contribution in [1.82, 2.24) is 4.72 Å². The molecule has 3 N–H and O–H groups in total. The van der Waals surface area contributed by atoms with E-state index in [4.69, 9.17) is 10.5 Å². The Morgan fingerprint density at radius 1 is 1.42 bits per heavy atom. The monoisotopic (exact) mass is 294 g/mol. The Hall–Kier alpha value is -1.25. The fraction of sp³-hybridized carbons (Fsp3) is 0.455. The van der Waals surface area contributed by atoms with E-state index in [-0.39, 0.29) is 12.6 Å². The molecule has 0 aliphatic rings. The maximum absolute atomic E-state index is 13.6. The van der Waals surface area contributed by atoms with Gasteiger partial charge in [-0.05, 0) is 26.0 Å². The largest absolute Gasteiger partial charge is 0.394 e. The number of benzene rings is 1. The first kappa shape index (κ1) is 15.8. The molecular formula is C11H16F2N2O3S. The highest BCUT2D eigenvalue weighted by Gasteiger charge is 2.22. The molecule has 0 spiro atoms. The van der Waals surface area contributed by atoms with Gasteiger partial charge in [0.15, 0.2) is 5.82 Å². The zero-order chi connectivity index (χ0) is 14.6. The van der Waals surface area contributed by atoms with Crippen LogP contribution < -0.4 is 10.5 Å². The third-order valence-corrected chi connectivity index (χ3v) is 3.83. The number of sulfonamides is 1. The van der Waals surface area contributed by atoms with Gasteiger partial charge in [-0.1, -0.05) is 0 Å². The van der Waals surface area contributed by atoms with Gasteiger partial charge in [0, 0.05) is 13.2 Å². The summed E-state index contributed by atoms with van der Waals surface area (Å²) in [7, 11) is -4.10. The van der Waals surface area contributed by atoms with Crippen molar-refractivity contribution < 1.29 is 21.9 Å². The predicted molar refractivity (Wildman–Crippen MR) is 67.0 cm³/mol. The van der Waals surface area contributed by atoms with Crippen LogP contribution in [0.1, 0.15) is 13.8 Å². The van der Waals surface area contributed by atoms with Crippen LogP contribution in [0, 0.1) is 11.6 Å². The minimum atomic E-state index is -4.10. The number of nitrogens with two attached hydrogens (primary N) is 1. The molecular weight excluding hydrogens is 278 g/mol. The number of halogens is 2. The van der Waals surface area contributed by atoms with Crippen molar-refractivity contribution in [3.63, 3.8) is 0 Å². The number of hydrogen-bond donors (Lipinski definition) is 2. The van der Waals surface area contributed by atoms with Crippen LogP contribution >= 0.6 is 0 Å². The minimum absolute atomic E-state index is 0.0209. The van der Waals surface area contributed by atoms with E-state index < -0.39 is 32.2 Å². The lowest BCUT2D eigenvalue weighted by molar-refractivity contribution is 0.0799. The van der Waals surface area contributed by atoms with Crippen molar-refractivity contribution in [3.8, 4) is 0 Å². The van der Waals surface area contributed by atoms with E-state index in [1.807, 2.05) is 0 Å². The topological polar surface area (TPSA) is 81.4 Å². The Morgan fingerprint density at radius 3 is 2.63 bits per heavy atom. The van der Waals surface area contributed by atoms with Gasteiger partial charge in [-0.15, -0.1) is 0 Å². The van der Waals surface area contributed by atoms with Gasteiger partial charge in [-0.2, -0.15) is 0 Å². The molecule has 0 bridgehead atoms. The van der Waals surface area contributed by atoms with Crippen LogP contribution in [0.2, 0.25) is 0 Å². The average molecular weight is 294 g/mol. The third kappa shape index (κ3) is 3.85. The summed E-state index contributed by atoms with van der Waals surface area (Å²) >= 11 is 0. The predicted octanol–water partition coefficient (Wildman–Crippen LogP) is 1.25. The van der Waals surface area contributed by atoms with Gasteiger partial charge in [0.1, 0.15) is 16.4 Å². The summed E-state index contributed by atoms with van der Waals surface area (Å²) in [6, 6.07) is 1.63. The van der Waals surface area contributed by atoms with Crippen LogP contribution in [0.4, 0.5) is 14.5 Å². The highest BCUT2D eigenvalue weighted by atomic mass is 32.2. The summed E-state index contributed by atoms with van der Waals surface area (Å²) in [4.78, 5) is -0.685. The second-order valence-electron chi connectivity index (χ2n) is 3.89. The first-order chi connectivity index (χ1) is 8.79. The van der Waals surface area contributed by atoms with Gasteiger partial charge < -0.3 is 10.5 Å². The summed E-state index contributed by atoms with van der Waals surface area (Å²) in [6.07, 6.45) is -0.361. The van der Waals surface area contributed by atoms with Crippen LogP contribution in [0.5, 0.6) is 0 Å². The van der Waals surface area contributed by atoms with Crippen molar-refractivity contribution in [2.45, 2.75) is 24.8 Å². The zero-order valence-corrected chi connectivity index (χ0v) is 11.4. The molecule has 1 atom stereocenters. The normalized spacial score (nSPS) is 13.5. The van der Waals surface area contributed by atoms with E-state index in [1.165, 1.54) is 0 Å². The van der Waals surface area contributed by atoms with Gasteiger partial charge >= 0.3 is 0 Å². The van der Waals surface area contributed by atoms with E-state index in [9.17, 15) is 17.2 Å². The Bertz CT molecular complexity index is 549. The lowest BCUT2D eigenvalue weighted by Crippen LogP contribution is -2.32. The number of rotatable bonds is 6. The van der Waals surface area contributed by atoms with Gasteiger partial charge in [-0.3, -0.25) is 0 Å². The van der Waals surface area contributed by atoms with E-state index >= 15 is 0 Å². The van der Waals surface area contributed by atoms with Crippen molar-refractivity contribution in [3.05, 3.63) is 23.8 Å². The molecule has 0 aliphatic carbocycles. The van der Waals surface area contributed by atoms with Crippen molar-refractivity contribution in [2.24, 2.45) is 0 Å². The lowest BCUT2D eigenvalue weighted by Gasteiger charge is -2.13. The highest BCUT2D eigenvalue weighted by molar-refractivity contribution is 7.89. The summed E-state index contributed by atoms with van der Waals surface area (Å²) in [5, 5.41) is 0. The summed E-state index contributed by atoms with van der Waals surface area (Å²) in [6.45, 7) is 3.85. The molecule has 0 fully saturated rings. The number of ether oxygens (including phenoxy) is 1. The van der Waals surface area contributed by atoms with Crippen LogP contribution in [0.25, 0.3) is 0 Å². The van der Waals surface area contributed by atoms with E-state index in [1.54, 1.807) is 13.8 Å². The van der Waals surface area contributed by atoms with Gasteiger partial charge in [0.2, 0.25) is 10.0 Å². The molecule has 1 rings (SSSR count). The number of anilines is 1. The Labute approximate surface area is 110 Å². The molecule has 8 heteroatoms. The summed E-state index contributed by atoms with van der Waals surface area (Å²) in [5.74, 6) is -2.30. The maximum atomic E-state index is 13.6. The quantitative estimate of drug-likeness (QED) is 0.774. The molecule has 0 aliphatic heterocycles. The van der Waals surface area contributed by atoms with Crippen molar-refractivity contribution >= 4 is 15.7 Å². The second-order valence-corrected chi connectivity index (χ2v) is 5.63. The van der Waals surface area contributed by atoms with Crippen LogP contribution in [-0.4, -0.2) is 27.7 Å². The minimum Gasteiger partial charge on any atom is -0.394 e. The molecule has 19 heavy (non-hydrogen) atoms. The fourth-order valence-electron chi connectivity index (χ4n) is 1.41. The van der Waals surface area contributed by atoms with Crippen LogP contribution in [-0.2, 0) is 14.8 Å². The van der Waals surface area contributed by atoms with Crippen LogP contribution in [0.3, 0.4) is 0 Å². The molecule has 1 aromatic rings. The number of hydrogen-bond acceptors (Lipinski definition) is 4. The van der Waals surface area contributed by atoms with E-state index in [2.05, 4.69) is 4.72 Å². The maximum Gasteiger partial charge on any atom is 0.243 e. The summed E-state index contributed by atoms with van der Waals surface area (Å²) < 4.78 is 57.6. The van der Waals surface area contributed by atoms with Gasteiger partial charge in [0.05, 0.1) is 6.10 Å². The summed E-state index contributed by atoms with van der Waals surface area (Å²) in [5.41, 5.74) is 4.30.